The van der Waals surface area contributed by atoms with E-state index in [1.165, 1.54) is 4.90 Å². The molecule has 0 spiro atoms. The van der Waals surface area contributed by atoms with Crippen LogP contribution in [0.1, 0.15) is 18.2 Å². The number of nitrogens with zero attached hydrogens (tertiary/aromatic N) is 3. The van der Waals surface area contributed by atoms with Gasteiger partial charge in [-0.15, -0.1) is 0 Å². The highest BCUT2D eigenvalue weighted by molar-refractivity contribution is 6.36. The van der Waals surface area contributed by atoms with E-state index in [2.05, 4.69) is 4.98 Å². The number of anilines is 1. The van der Waals surface area contributed by atoms with Gasteiger partial charge in [-0.3, -0.25) is 19.5 Å². The quantitative estimate of drug-likeness (QED) is 0.550. The number of pyridine rings is 1. The zero-order chi connectivity index (χ0) is 21.8. The van der Waals surface area contributed by atoms with Gasteiger partial charge in [0.2, 0.25) is 0 Å². The first kappa shape index (κ1) is 20.3. The monoisotopic (exact) mass is 413 g/mol. The van der Waals surface area contributed by atoms with E-state index in [0.29, 0.717) is 34.8 Å². The number of amides is 2. The summed E-state index contributed by atoms with van der Waals surface area (Å²) in [6.45, 7) is 2.62. The van der Waals surface area contributed by atoms with E-state index >= 15 is 0 Å². The molecule has 0 fully saturated rings. The van der Waals surface area contributed by atoms with Gasteiger partial charge in [0, 0.05) is 18.4 Å². The van der Waals surface area contributed by atoms with Crippen LogP contribution >= 0.6 is 0 Å². The minimum Gasteiger partial charge on any atom is -0.497 e. The van der Waals surface area contributed by atoms with E-state index in [9.17, 15) is 9.59 Å². The molecule has 3 aromatic rings. The summed E-state index contributed by atoms with van der Waals surface area (Å²) in [7, 11) is 1.59. The third kappa shape index (κ3) is 3.92. The first-order valence-electron chi connectivity index (χ1n) is 10.1. The van der Waals surface area contributed by atoms with Crippen molar-refractivity contribution in [3.05, 3.63) is 95.9 Å². The summed E-state index contributed by atoms with van der Waals surface area (Å²) in [5.41, 5.74) is 2.94. The molecule has 0 radical (unpaired) electrons. The molecule has 1 aromatic heterocycles. The number of carbonyl (C=O) groups is 2. The van der Waals surface area contributed by atoms with Crippen molar-refractivity contribution in [3.8, 4) is 5.75 Å². The maximum Gasteiger partial charge on any atom is 0.278 e. The maximum atomic E-state index is 13.6. The van der Waals surface area contributed by atoms with Gasteiger partial charge in [0.1, 0.15) is 11.4 Å². The van der Waals surface area contributed by atoms with E-state index in [-0.39, 0.29) is 18.4 Å². The minimum atomic E-state index is -0.329. The summed E-state index contributed by atoms with van der Waals surface area (Å²) in [5, 5.41) is 0. The highest BCUT2D eigenvalue weighted by Gasteiger charge is 2.41. The Hall–Kier alpha value is -3.93. The number of hydrogen-bond acceptors (Lipinski definition) is 5. The van der Waals surface area contributed by atoms with Gasteiger partial charge >= 0.3 is 0 Å². The molecule has 31 heavy (non-hydrogen) atoms. The van der Waals surface area contributed by atoms with Gasteiger partial charge in [0.15, 0.2) is 0 Å². The molecular weight excluding hydrogens is 390 g/mol. The van der Waals surface area contributed by atoms with Crippen molar-refractivity contribution >= 4 is 23.1 Å². The highest BCUT2D eigenvalue weighted by atomic mass is 16.5. The van der Waals surface area contributed by atoms with Crippen LogP contribution in [-0.2, 0) is 16.1 Å². The van der Waals surface area contributed by atoms with Crippen molar-refractivity contribution in [2.75, 3.05) is 18.6 Å². The molecule has 2 aromatic carbocycles. The van der Waals surface area contributed by atoms with Gasteiger partial charge < -0.3 is 9.64 Å². The van der Waals surface area contributed by atoms with Crippen LogP contribution in [-0.4, -0.2) is 35.4 Å². The average Bonchev–Trinajstić information content (AvgIpc) is 3.06. The van der Waals surface area contributed by atoms with E-state index < -0.39 is 0 Å². The zero-order valence-electron chi connectivity index (χ0n) is 17.5. The first-order valence-corrected chi connectivity index (χ1v) is 10.1. The predicted octanol–water partition coefficient (Wildman–Crippen LogP) is 3.90. The fraction of sp³-hybridized carbons (Fsp3) is 0.160. The minimum absolute atomic E-state index is 0.119. The second-order valence-electron chi connectivity index (χ2n) is 7.05. The second kappa shape index (κ2) is 8.83. The van der Waals surface area contributed by atoms with E-state index in [4.69, 9.17) is 4.74 Å². The molecule has 0 atom stereocenters. The number of rotatable bonds is 7. The summed E-state index contributed by atoms with van der Waals surface area (Å²) in [5.74, 6) is 0.0285. The number of methoxy groups -OCH3 is 1. The lowest BCUT2D eigenvalue weighted by atomic mass is 10.0. The van der Waals surface area contributed by atoms with Crippen molar-refractivity contribution in [2.45, 2.75) is 13.5 Å². The fourth-order valence-electron chi connectivity index (χ4n) is 3.71. The lowest BCUT2D eigenvalue weighted by Gasteiger charge is -2.24. The summed E-state index contributed by atoms with van der Waals surface area (Å²) in [4.78, 5) is 34.5. The number of ether oxygens (including phenoxy) is 1. The third-order valence-electron chi connectivity index (χ3n) is 5.22. The van der Waals surface area contributed by atoms with Crippen molar-refractivity contribution in [2.24, 2.45) is 0 Å². The number of hydrogen-bond donors (Lipinski definition) is 0. The van der Waals surface area contributed by atoms with Crippen molar-refractivity contribution in [1.29, 1.82) is 0 Å². The molecule has 0 bridgehead atoms. The Morgan fingerprint density at radius 1 is 0.903 bits per heavy atom. The molecule has 6 heteroatoms. The lowest BCUT2D eigenvalue weighted by molar-refractivity contribution is -0.137. The number of para-hydroxylation sites is 1. The third-order valence-corrected chi connectivity index (χ3v) is 5.22. The summed E-state index contributed by atoms with van der Waals surface area (Å²) in [6.07, 6.45) is 1.65. The van der Waals surface area contributed by atoms with Crippen LogP contribution in [0.3, 0.4) is 0 Å². The number of benzene rings is 2. The number of imide groups is 1. The number of aromatic nitrogens is 1. The van der Waals surface area contributed by atoms with Crippen LogP contribution in [0.2, 0.25) is 0 Å². The van der Waals surface area contributed by atoms with Crippen molar-refractivity contribution in [1.82, 2.24) is 9.88 Å². The Bertz CT molecular complexity index is 1110. The molecular formula is C25H23N3O3. The highest BCUT2D eigenvalue weighted by Crippen LogP contribution is 2.35. The summed E-state index contributed by atoms with van der Waals surface area (Å²) < 4.78 is 5.25. The molecule has 0 N–H and O–H groups in total. The normalized spacial score (nSPS) is 13.7. The smallest absolute Gasteiger partial charge is 0.278 e. The van der Waals surface area contributed by atoms with E-state index in [1.54, 1.807) is 37.6 Å². The van der Waals surface area contributed by atoms with Crippen LogP contribution in [0.5, 0.6) is 5.75 Å². The van der Waals surface area contributed by atoms with Crippen LogP contribution in [0.4, 0.5) is 5.69 Å². The first-order chi connectivity index (χ1) is 15.1. The largest absolute Gasteiger partial charge is 0.497 e. The SMILES string of the molecule is CCN(C1=C(c2ccc(OC)cc2)C(=O)N(Cc2ccccn2)C1=O)c1ccccc1. The van der Waals surface area contributed by atoms with Gasteiger partial charge in [0.25, 0.3) is 11.8 Å². The van der Waals surface area contributed by atoms with Gasteiger partial charge in [-0.25, -0.2) is 0 Å². The van der Waals surface area contributed by atoms with E-state index in [1.807, 2.05) is 60.4 Å². The standard InChI is InChI=1S/C25H23N3O3/c1-3-27(20-10-5-4-6-11-20)23-22(18-12-14-21(31-2)15-13-18)24(29)28(25(23)30)17-19-9-7-8-16-26-19/h4-16H,3,17H2,1-2H3. The molecule has 6 nitrogen and oxygen atoms in total. The molecule has 0 saturated carbocycles. The average molecular weight is 413 g/mol. The number of carbonyl (C=O) groups excluding carboxylic acids is 2. The predicted molar refractivity (Wildman–Crippen MR) is 119 cm³/mol. The Morgan fingerprint density at radius 3 is 2.23 bits per heavy atom. The van der Waals surface area contributed by atoms with Gasteiger partial charge in [-0.05, 0) is 48.9 Å². The Morgan fingerprint density at radius 2 is 1.61 bits per heavy atom. The lowest BCUT2D eigenvalue weighted by Crippen LogP contribution is -2.35. The summed E-state index contributed by atoms with van der Waals surface area (Å²) in [6, 6.07) is 22.3. The number of likely N-dealkylation sites (N-methyl/N-ethyl adjacent to an activating group) is 1. The molecule has 2 amide bonds. The molecule has 0 aliphatic carbocycles. The molecule has 4 rings (SSSR count). The van der Waals surface area contributed by atoms with Crippen molar-refractivity contribution < 1.29 is 14.3 Å². The fourth-order valence-corrected chi connectivity index (χ4v) is 3.71. The van der Waals surface area contributed by atoms with Crippen LogP contribution in [0.25, 0.3) is 5.57 Å². The van der Waals surface area contributed by atoms with Gasteiger partial charge in [-0.2, -0.15) is 0 Å². The summed E-state index contributed by atoms with van der Waals surface area (Å²) >= 11 is 0. The molecule has 0 unspecified atom stereocenters. The van der Waals surface area contributed by atoms with E-state index in [0.717, 1.165) is 5.69 Å². The Labute approximate surface area is 181 Å². The molecule has 0 saturated heterocycles. The van der Waals surface area contributed by atoms with Crippen LogP contribution < -0.4 is 9.64 Å². The maximum absolute atomic E-state index is 13.6. The van der Waals surface area contributed by atoms with Crippen LogP contribution in [0, 0.1) is 0 Å². The second-order valence-corrected chi connectivity index (χ2v) is 7.05. The van der Waals surface area contributed by atoms with Gasteiger partial charge in [-0.1, -0.05) is 36.4 Å². The molecule has 2 heterocycles. The molecule has 156 valence electrons. The Balaban J connectivity index is 1.82. The zero-order valence-corrected chi connectivity index (χ0v) is 17.5. The Kier molecular flexibility index (Phi) is 5.80. The van der Waals surface area contributed by atoms with Crippen LogP contribution in [0.15, 0.2) is 84.7 Å². The molecule has 1 aliphatic rings. The topological polar surface area (TPSA) is 62.7 Å². The van der Waals surface area contributed by atoms with Crippen molar-refractivity contribution in [3.63, 3.8) is 0 Å². The molecule has 1 aliphatic heterocycles. The van der Waals surface area contributed by atoms with Gasteiger partial charge in [0.05, 0.1) is 24.9 Å².